The van der Waals surface area contributed by atoms with Crippen molar-refractivity contribution in [3.63, 3.8) is 0 Å². The second-order valence-corrected chi connectivity index (χ2v) is 25.5. The van der Waals surface area contributed by atoms with E-state index in [9.17, 15) is 19.0 Å². The molecule has 0 amide bonds. The summed E-state index contributed by atoms with van der Waals surface area (Å²) in [4.78, 5) is 35.4. The molecule has 0 aliphatic heterocycles. The third-order valence-electron chi connectivity index (χ3n) is 15.3. The van der Waals surface area contributed by atoms with E-state index in [1.54, 1.807) is 0 Å². The van der Waals surface area contributed by atoms with E-state index in [4.69, 9.17) is 24.3 Å². The average Bonchev–Trinajstić information content (AvgIpc) is 3.49. The molecule has 526 valence electrons. The lowest BCUT2D eigenvalue weighted by atomic mass is 10.0. The lowest BCUT2D eigenvalue weighted by molar-refractivity contribution is -0.161. The van der Waals surface area contributed by atoms with Gasteiger partial charge in [0.2, 0.25) is 0 Å². The van der Waals surface area contributed by atoms with Crippen LogP contribution in [-0.2, 0) is 32.7 Å². The quantitative estimate of drug-likeness (QED) is 0.0264. The van der Waals surface area contributed by atoms with Crippen LogP contribution < -0.4 is 5.73 Å². The molecule has 0 aliphatic carbocycles. The highest BCUT2D eigenvalue weighted by atomic mass is 31.2. The second kappa shape index (κ2) is 76.1. The fraction of sp³-hybridized carbons (Fsp3) is 0.614. The molecule has 0 heterocycles. The molecule has 3 N–H and O–H groups in total. The summed E-state index contributed by atoms with van der Waals surface area (Å²) in [6.07, 6.45) is 114. The number of rotatable bonds is 68. The van der Waals surface area contributed by atoms with E-state index >= 15 is 0 Å². The van der Waals surface area contributed by atoms with Crippen molar-refractivity contribution in [2.75, 3.05) is 26.4 Å². The second-order valence-electron chi connectivity index (χ2n) is 24.0. The van der Waals surface area contributed by atoms with Crippen molar-refractivity contribution in [3.8, 4) is 0 Å². The van der Waals surface area contributed by atoms with Gasteiger partial charge in [-0.15, -0.1) is 0 Å². The zero-order valence-corrected chi connectivity index (χ0v) is 60.1. The highest BCUT2D eigenvalue weighted by Gasteiger charge is 2.26. The average molecular weight is 1310 g/mol. The number of phosphoric ester groups is 1. The van der Waals surface area contributed by atoms with Crippen molar-refractivity contribution < 1.29 is 37.6 Å². The topological polar surface area (TPSA) is 134 Å². The van der Waals surface area contributed by atoms with Crippen LogP contribution in [0.1, 0.15) is 296 Å². The van der Waals surface area contributed by atoms with Crippen molar-refractivity contribution in [3.05, 3.63) is 182 Å². The molecule has 0 spiro atoms. The molecule has 0 aromatic heterocycles. The van der Waals surface area contributed by atoms with Crippen LogP contribution in [0.15, 0.2) is 182 Å². The molecule has 0 radical (unpaired) electrons. The smallest absolute Gasteiger partial charge is 0.462 e. The fourth-order valence-electron chi connectivity index (χ4n) is 9.87. The minimum atomic E-state index is -4.41. The van der Waals surface area contributed by atoms with Crippen molar-refractivity contribution in [2.45, 2.75) is 302 Å². The first kappa shape index (κ1) is 88.1. The molecular weight excluding hydrogens is 1170 g/mol. The highest BCUT2D eigenvalue weighted by Crippen LogP contribution is 2.43. The maximum Gasteiger partial charge on any atom is 0.472 e. The number of phosphoric acid groups is 1. The minimum absolute atomic E-state index is 0.0457. The van der Waals surface area contributed by atoms with Crippen LogP contribution in [0.2, 0.25) is 0 Å². The van der Waals surface area contributed by atoms with Gasteiger partial charge >= 0.3 is 19.8 Å². The van der Waals surface area contributed by atoms with Crippen LogP contribution in [0.3, 0.4) is 0 Å². The van der Waals surface area contributed by atoms with E-state index in [0.29, 0.717) is 6.42 Å². The number of hydrogen-bond donors (Lipinski definition) is 2. The van der Waals surface area contributed by atoms with Crippen molar-refractivity contribution in [1.82, 2.24) is 0 Å². The molecule has 0 bridgehead atoms. The molecule has 2 atom stereocenters. The first-order valence-corrected chi connectivity index (χ1v) is 38.8. The number of carbonyl (C=O) groups is 2. The zero-order valence-electron chi connectivity index (χ0n) is 59.2. The van der Waals surface area contributed by atoms with Crippen molar-refractivity contribution >= 4 is 19.8 Å². The molecule has 0 fully saturated rings. The number of nitrogens with two attached hydrogens (primary N) is 1. The molecule has 0 saturated carbocycles. The Hall–Kier alpha value is -4.89. The lowest BCUT2D eigenvalue weighted by Gasteiger charge is -2.19. The summed E-state index contributed by atoms with van der Waals surface area (Å²) in [6, 6.07) is 0. The largest absolute Gasteiger partial charge is 0.472 e. The minimum Gasteiger partial charge on any atom is -0.462 e. The predicted octanol–water partition coefficient (Wildman–Crippen LogP) is 25.1. The van der Waals surface area contributed by atoms with Crippen molar-refractivity contribution in [1.29, 1.82) is 0 Å². The summed E-state index contributed by atoms with van der Waals surface area (Å²) in [5.41, 5.74) is 5.41. The standard InChI is InChI=1S/C83H136NO8P/c1-3-5-7-9-11-13-15-17-19-21-23-25-27-29-31-33-35-36-37-38-39-40-41-42-43-44-46-48-50-52-54-56-58-60-62-64-66-68-70-72-74-76-83(86)92-81(80-91-93(87,88)90-78-77-84)79-89-82(85)75-73-71-69-67-65-63-61-59-57-55-53-51-49-47-45-34-32-30-28-26-24-22-20-18-16-14-12-10-8-6-4-2/h5-8,11-14,17-20,23-26,29-32,35-36,38-39,41-42,44-47,81H,3-4,9-10,15-16,21-22,27-28,33-34,37,40,43,48-80,84H2,1-2H3,(H,87,88)/b7-5-,8-6-,13-11-,14-12-,19-17-,20-18-,25-23-,26-24-,31-29-,32-30-,36-35-,39-38-,42-41-,46-44-,47-45-. The van der Waals surface area contributed by atoms with Crippen LogP contribution in [0.5, 0.6) is 0 Å². The number of ether oxygens (including phenoxy) is 2. The molecule has 10 heteroatoms. The van der Waals surface area contributed by atoms with E-state index in [2.05, 4.69) is 196 Å². The first-order chi connectivity index (χ1) is 45.8. The third kappa shape index (κ3) is 76.0. The van der Waals surface area contributed by atoms with Crippen LogP contribution in [0.25, 0.3) is 0 Å². The van der Waals surface area contributed by atoms with Gasteiger partial charge in [0.1, 0.15) is 6.61 Å². The Bertz CT molecular complexity index is 2180. The van der Waals surface area contributed by atoms with Crippen LogP contribution in [-0.4, -0.2) is 49.3 Å². The summed E-state index contributed by atoms with van der Waals surface area (Å²) in [5, 5.41) is 0. The normalized spacial score (nSPS) is 14.0. The van der Waals surface area contributed by atoms with Crippen molar-refractivity contribution in [2.24, 2.45) is 5.73 Å². The Morgan fingerprint density at radius 3 is 0.828 bits per heavy atom. The molecule has 0 saturated heterocycles. The Morgan fingerprint density at radius 2 is 0.559 bits per heavy atom. The number of carbonyl (C=O) groups excluding carboxylic acids is 2. The summed E-state index contributed by atoms with van der Waals surface area (Å²) in [5.74, 6) is -0.835. The van der Waals surface area contributed by atoms with Crippen LogP contribution in [0.4, 0.5) is 0 Å². The highest BCUT2D eigenvalue weighted by molar-refractivity contribution is 7.47. The SMILES string of the molecule is CC/C=C\C/C=C\C/C=C\C/C=C\C/C=C\C/C=C\C/C=C\C/C=C\C/C=C\CCCCCCCCCCCCCCCC(=O)OC(COC(=O)CCCCCCCCCCCCCC/C=C\C/C=C\C/C=C\C/C=C\C/C=C\C/C=C\CC)COP(=O)(O)OCCN. The lowest BCUT2D eigenvalue weighted by Crippen LogP contribution is -2.29. The monoisotopic (exact) mass is 1310 g/mol. The van der Waals surface area contributed by atoms with Gasteiger partial charge in [-0.25, -0.2) is 4.57 Å². The van der Waals surface area contributed by atoms with Gasteiger partial charge in [-0.2, -0.15) is 0 Å². The first-order valence-electron chi connectivity index (χ1n) is 37.3. The molecule has 0 rings (SSSR count). The molecule has 0 aromatic rings. The number of hydrogen-bond acceptors (Lipinski definition) is 8. The van der Waals surface area contributed by atoms with Gasteiger partial charge in [0.15, 0.2) is 6.10 Å². The van der Waals surface area contributed by atoms with Crippen LogP contribution >= 0.6 is 7.82 Å². The molecule has 0 aliphatic rings. The Morgan fingerprint density at radius 1 is 0.323 bits per heavy atom. The maximum atomic E-state index is 12.8. The predicted molar refractivity (Wildman–Crippen MR) is 403 cm³/mol. The number of unbranched alkanes of at least 4 members (excludes halogenated alkanes) is 25. The molecule has 9 nitrogen and oxygen atoms in total. The molecule has 2 unspecified atom stereocenters. The van der Waals surface area contributed by atoms with Gasteiger partial charge < -0.3 is 20.1 Å². The van der Waals surface area contributed by atoms with Gasteiger partial charge in [0.05, 0.1) is 13.2 Å². The fourth-order valence-corrected chi connectivity index (χ4v) is 10.6. The molecule has 93 heavy (non-hydrogen) atoms. The maximum absolute atomic E-state index is 12.8. The summed E-state index contributed by atoms with van der Waals surface area (Å²) < 4.78 is 33.2. The summed E-state index contributed by atoms with van der Waals surface area (Å²) >= 11 is 0. The molecule has 0 aromatic carbocycles. The van der Waals surface area contributed by atoms with E-state index in [0.717, 1.165) is 141 Å². The van der Waals surface area contributed by atoms with E-state index in [1.807, 2.05) is 0 Å². The van der Waals surface area contributed by atoms with Gasteiger partial charge in [0, 0.05) is 19.4 Å². The molecular formula is C83H136NO8P. The summed E-state index contributed by atoms with van der Waals surface area (Å²) in [6.45, 7) is 3.52. The Kier molecular flexibility index (Phi) is 72.1. The van der Waals surface area contributed by atoms with E-state index < -0.39 is 26.5 Å². The Balaban J connectivity index is 3.92. The van der Waals surface area contributed by atoms with Gasteiger partial charge in [-0.3, -0.25) is 18.6 Å². The summed E-state index contributed by atoms with van der Waals surface area (Å²) in [7, 11) is -4.41. The number of esters is 2. The number of allylic oxidation sites excluding steroid dienone is 30. The zero-order chi connectivity index (χ0) is 67.2. The van der Waals surface area contributed by atoms with E-state index in [-0.39, 0.29) is 38.6 Å². The Labute approximate surface area is 571 Å². The van der Waals surface area contributed by atoms with Gasteiger partial charge in [0.25, 0.3) is 0 Å². The van der Waals surface area contributed by atoms with Gasteiger partial charge in [-0.1, -0.05) is 331 Å². The van der Waals surface area contributed by atoms with Gasteiger partial charge in [-0.05, 0) is 135 Å². The third-order valence-corrected chi connectivity index (χ3v) is 16.3. The van der Waals surface area contributed by atoms with E-state index in [1.165, 1.54) is 122 Å². The van der Waals surface area contributed by atoms with Crippen LogP contribution in [0, 0.1) is 0 Å².